The minimum atomic E-state index is -0.193. The highest BCUT2D eigenvalue weighted by Crippen LogP contribution is 2.26. The molecular formula is C12H21N3. The van der Waals surface area contributed by atoms with E-state index in [1.165, 1.54) is 0 Å². The van der Waals surface area contributed by atoms with Crippen LogP contribution in [0.15, 0.2) is 0 Å². The summed E-state index contributed by atoms with van der Waals surface area (Å²) in [6, 6.07) is 3.99. The molecule has 0 saturated heterocycles. The Balaban J connectivity index is 3.98. The maximum absolute atomic E-state index is 8.88. The average molecular weight is 207 g/mol. The van der Waals surface area contributed by atoms with Gasteiger partial charge in [0.05, 0.1) is 24.7 Å². The molecule has 3 nitrogen and oxygen atoms in total. The molecule has 1 N–H and O–H groups in total. The minimum Gasteiger partial charge on any atom is -0.289 e. The van der Waals surface area contributed by atoms with Gasteiger partial charge in [-0.15, -0.1) is 0 Å². The van der Waals surface area contributed by atoms with Crippen molar-refractivity contribution >= 4 is 0 Å². The fraction of sp³-hybridized carbons (Fsp3) is 0.833. The number of nitrogens with one attached hydrogen (secondary N) is 1. The first kappa shape index (κ1) is 13.9. The third kappa shape index (κ3) is 7.97. The Morgan fingerprint density at radius 1 is 1.27 bits per heavy atom. The number of hydrogen-bond acceptors (Lipinski definition) is 3. The van der Waals surface area contributed by atoms with Crippen LogP contribution < -0.4 is 5.32 Å². The lowest BCUT2D eigenvalue weighted by molar-refractivity contribution is 0.287. The highest BCUT2D eigenvalue weighted by Gasteiger charge is 2.18. The van der Waals surface area contributed by atoms with Crippen molar-refractivity contribution in [2.24, 2.45) is 11.3 Å². The third-order valence-corrected chi connectivity index (χ3v) is 2.18. The Hall–Kier alpha value is -1.06. The Labute approximate surface area is 93.1 Å². The standard InChI is InChI=1S/C12H21N3/c1-10(8-12(2,3)4)7-11(9-14)15-6-5-13/h10-11,15H,6-8H2,1-4H3. The molecular weight excluding hydrogens is 186 g/mol. The van der Waals surface area contributed by atoms with Crippen LogP contribution in [0.5, 0.6) is 0 Å². The van der Waals surface area contributed by atoms with E-state index in [1.807, 2.05) is 6.07 Å². The van der Waals surface area contributed by atoms with Gasteiger partial charge in [-0.05, 0) is 24.2 Å². The van der Waals surface area contributed by atoms with Crippen molar-refractivity contribution in [1.29, 1.82) is 10.5 Å². The summed E-state index contributed by atoms with van der Waals surface area (Å²) in [5.41, 5.74) is 0.300. The quantitative estimate of drug-likeness (QED) is 0.704. The molecule has 0 aromatic rings. The van der Waals surface area contributed by atoms with Crippen molar-refractivity contribution in [3.8, 4) is 12.1 Å². The molecule has 0 fully saturated rings. The second kappa shape index (κ2) is 6.43. The predicted octanol–water partition coefficient (Wildman–Crippen LogP) is 2.45. The summed E-state index contributed by atoms with van der Waals surface area (Å²) < 4.78 is 0. The lowest BCUT2D eigenvalue weighted by Crippen LogP contribution is -2.30. The molecule has 15 heavy (non-hydrogen) atoms. The molecule has 0 aliphatic heterocycles. The molecule has 0 aromatic carbocycles. The van der Waals surface area contributed by atoms with E-state index in [-0.39, 0.29) is 12.6 Å². The monoisotopic (exact) mass is 207 g/mol. The molecule has 0 heterocycles. The van der Waals surface area contributed by atoms with Gasteiger partial charge in [0, 0.05) is 0 Å². The zero-order valence-corrected chi connectivity index (χ0v) is 10.2. The number of nitriles is 2. The third-order valence-electron chi connectivity index (χ3n) is 2.18. The first-order valence-corrected chi connectivity index (χ1v) is 5.39. The summed E-state index contributed by atoms with van der Waals surface area (Å²) in [7, 11) is 0. The summed E-state index contributed by atoms with van der Waals surface area (Å²) in [6.07, 6.45) is 1.91. The van der Waals surface area contributed by atoms with Crippen LogP contribution >= 0.6 is 0 Å². The fourth-order valence-corrected chi connectivity index (χ4v) is 1.88. The Kier molecular flexibility index (Phi) is 5.97. The molecule has 0 rings (SSSR count). The van der Waals surface area contributed by atoms with Gasteiger partial charge in [-0.1, -0.05) is 27.7 Å². The van der Waals surface area contributed by atoms with Gasteiger partial charge < -0.3 is 0 Å². The molecule has 0 radical (unpaired) electrons. The van der Waals surface area contributed by atoms with Crippen LogP contribution in [0, 0.1) is 34.0 Å². The van der Waals surface area contributed by atoms with Crippen molar-refractivity contribution in [1.82, 2.24) is 5.32 Å². The molecule has 0 spiro atoms. The van der Waals surface area contributed by atoms with Crippen LogP contribution in [0.25, 0.3) is 0 Å². The number of nitrogens with zero attached hydrogens (tertiary/aromatic N) is 2. The van der Waals surface area contributed by atoms with Crippen LogP contribution in [0.2, 0.25) is 0 Å². The molecule has 2 unspecified atom stereocenters. The van der Waals surface area contributed by atoms with Crippen LogP contribution in [0.1, 0.15) is 40.5 Å². The molecule has 0 bridgehead atoms. The Bertz CT molecular complexity index is 252. The lowest BCUT2D eigenvalue weighted by atomic mass is 9.83. The second-order valence-electron chi connectivity index (χ2n) is 5.33. The highest BCUT2D eigenvalue weighted by molar-refractivity contribution is 4.93. The van der Waals surface area contributed by atoms with Gasteiger partial charge in [-0.25, -0.2) is 0 Å². The van der Waals surface area contributed by atoms with Gasteiger partial charge in [0.15, 0.2) is 0 Å². The van der Waals surface area contributed by atoms with E-state index in [9.17, 15) is 0 Å². The van der Waals surface area contributed by atoms with Crippen molar-refractivity contribution in [3.05, 3.63) is 0 Å². The number of hydrogen-bond donors (Lipinski definition) is 1. The van der Waals surface area contributed by atoms with Gasteiger partial charge >= 0.3 is 0 Å². The van der Waals surface area contributed by atoms with E-state index in [2.05, 4.69) is 39.1 Å². The fourth-order valence-electron chi connectivity index (χ4n) is 1.88. The summed E-state index contributed by atoms with van der Waals surface area (Å²) in [5, 5.41) is 20.2. The van der Waals surface area contributed by atoms with E-state index >= 15 is 0 Å². The van der Waals surface area contributed by atoms with Crippen molar-refractivity contribution in [2.45, 2.75) is 46.6 Å². The van der Waals surface area contributed by atoms with Crippen molar-refractivity contribution in [2.75, 3.05) is 6.54 Å². The van der Waals surface area contributed by atoms with Crippen molar-refractivity contribution in [3.63, 3.8) is 0 Å². The maximum Gasteiger partial charge on any atom is 0.0963 e. The van der Waals surface area contributed by atoms with Gasteiger partial charge in [-0.3, -0.25) is 5.32 Å². The van der Waals surface area contributed by atoms with E-state index in [0.29, 0.717) is 11.3 Å². The van der Waals surface area contributed by atoms with Gasteiger partial charge in [0.1, 0.15) is 0 Å². The average Bonchev–Trinajstić information content (AvgIpc) is 2.09. The minimum absolute atomic E-state index is 0.193. The summed E-state index contributed by atoms with van der Waals surface area (Å²) in [4.78, 5) is 0. The predicted molar refractivity (Wildman–Crippen MR) is 60.9 cm³/mol. The summed E-state index contributed by atoms with van der Waals surface area (Å²) in [5.74, 6) is 0.501. The largest absolute Gasteiger partial charge is 0.289 e. The topological polar surface area (TPSA) is 59.6 Å². The number of rotatable bonds is 5. The molecule has 2 atom stereocenters. The highest BCUT2D eigenvalue weighted by atomic mass is 14.9. The molecule has 0 aliphatic rings. The summed E-state index contributed by atoms with van der Waals surface area (Å²) >= 11 is 0. The van der Waals surface area contributed by atoms with E-state index in [4.69, 9.17) is 10.5 Å². The Morgan fingerprint density at radius 3 is 2.27 bits per heavy atom. The van der Waals surface area contributed by atoms with E-state index < -0.39 is 0 Å². The summed E-state index contributed by atoms with van der Waals surface area (Å²) in [6.45, 7) is 9.01. The maximum atomic E-state index is 8.88. The van der Waals surface area contributed by atoms with E-state index in [1.54, 1.807) is 0 Å². The Morgan fingerprint density at radius 2 is 1.87 bits per heavy atom. The van der Waals surface area contributed by atoms with Crippen LogP contribution in [-0.4, -0.2) is 12.6 Å². The SMILES string of the molecule is CC(CC(C#N)NCC#N)CC(C)(C)C. The zero-order chi connectivity index (χ0) is 11.9. The molecule has 3 heteroatoms. The normalized spacial score (nSPS) is 15.1. The molecule has 0 aromatic heterocycles. The molecule has 84 valence electrons. The smallest absolute Gasteiger partial charge is 0.0963 e. The van der Waals surface area contributed by atoms with E-state index in [0.717, 1.165) is 12.8 Å². The van der Waals surface area contributed by atoms with Gasteiger partial charge in [0.2, 0.25) is 0 Å². The lowest BCUT2D eigenvalue weighted by Gasteiger charge is -2.24. The molecule has 0 saturated carbocycles. The van der Waals surface area contributed by atoms with Crippen LogP contribution in [0.4, 0.5) is 0 Å². The van der Waals surface area contributed by atoms with Gasteiger partial charge in [-0.2, -0.15) is 10.5 Å². The van der Waals surface area contributed by atoms with Gasteiger partial charge in [0.25, 0.3) is 0 Å². The van der Waals surface area contributed by atoms with Crippen LogP contribution in [0.3, 0.4) is 0 Å². The zero-order valence-electron chi connectivity index (χ0n) is 10.2. The van der Waals surface area contributed by atoms with Crippen LogP contribution in [-0.2, 0) is 0 Å². The molecule has 0 amide bonds. The first-order chi connectivity index (χ1) is 6.89. The second-order valence-corrected chi connectivity index (χ2v) is 5.33. The van der Waals surface area contributed by atoms with Crippen molar-refractivity contribution < 1.29 is 0 Å². The molecule has 0 aliphatic carbocycles. The first-order valence-electron chi connectivity index (χ1n) is 5.39.